The van der Waals surface area contributed by atoms with E-state index in [0.717, 1.165) is 12.2 Å². The molecule has 116 valence electrons. The molecule has 2 aromatic rings. The molecule has 2 nitrogen and oxygen atoms in total. The van der Waals surface area contributed by atoms with Crippen molar-refractivity contribution in [1.29, 1.82) is 0 Å². The fraction of sp³-hybridized carbons (Fsp3) is 0.400. The van der Waals surface area contributed by atoms with Gasteiger partial charge in [0.2, 0.25) is 0 Å². The molecule has 2 heteroatoms. The van der Waals surface area contributed by atoms with E-state index in [1.807, 2.05) is 12.1 Å². The van der Waals surface area contributed by atoms with Crippen molar-refractivity contribution in [3.8, 4) is 5.75 Å². The van der Waals surface area contributed by atoms with Crippen LogP contribution in [-0.2, 0) is 6.42 Å². The van der Waals surface area contributed by atoms with Crippen LogP contribution in [0.15, 0.2) is 42.5 Å². The van der Waals surface area contributed by atoms with Crippen LogP contribution >= 0.6 is 0 Å². The second-order valence-electron chi connectivity index (χ2n) is 6.56. The van der Waals surface area contributed by atoms with E-state index in [2.05, 4.69) is 56.4 Å². The number of rotatable bonds is 3. The van der Waals surface area contributed by atoms with Gasteiger partial charge in [-0.2, -0.15) is 0 Å². The molecule has 3 rings (SSSR count). The molecule has 0 fully saturated rings. The quantitative estimate of drug-likeness (QED) is 0.903. The number of ether oxygens (including phenoxy) is 1. The fourth-order valence-electron chi connectivity index (χ4n) is 3.35. The normalized spacial score (nSPS) is 20.8. The molecule has 22 heavy (non-hydrogen) atoms. The van der Waals surface area contributed by atoms with Crippen molar-refractivity contribution in [2.45, 2.75) is 45.2 Å². The minimum Gasteiger partial charge on any atom is -0.496 e. The van der Waals surface area contributed by atoms with Gasteiger partial charge in [0, 0.05) is 11.6 Å². The van der Waals surface area contributed by atoms with Crippen LogP contribution in [0.25, 0.3) is 0 Å². The maximum atomic E-state index is 5.59. The Hall–Kier alpha value is -1.80. The summed E-state index contributed by atoms with van der Waals surface area (Å²) in [6, 6.07) is 16.0. The lowest BCUT2D eigenvalue weighted by Crippen LogP contribution is -2.38. The summed E-state index contributed by atoms with van der Waals surface area (Å²) < 4.78 is 5.59. The van der Waals surface area contributed by atoms with Crippen molar-refractivity contribution < 1.29 is 4.74 Å². The molecule has 0 radical (unpaired) electrons. The largest absolute Gasteiger partial charge is 0.496 e. The summed E-state index contributed by atoms with van der Waals surface area (Å²) in [7, 11) is 1.75. The first-order valence-electron chi connectivity index (χ1n) is 8.11. The molecular weight excluding hydrogens is 270 g/mol. The van der Waals surface area contributed by atoms with E-state index in [0.29, 0.717) is 12.0 Å². The summed E-state index contributed by atoms with van der Waals surface area (Å²) in [5, 5.41) is 3.75. The van der Waals surface area contributed by atoms with Gasteiger partial charge in [0.05, 0.1) is 13.2 Å². The minimum absolute atomic E-state index is 0.202. The zero-order chi connectivity index (χ0) is 15.7. The lowest BCUT2D eigenvalue weighted by molar-refractivity contribution is 0.394. The molecule has 0 amide bonds. The zero-order valence-corrected chi connectivity index (χ0v) is 13.9. The average molecular weight is 295 g/mol. The number of para-hydroxylation sites is 1. The molecule has 0 bridgehead atoms. The van der Waals surface area contributed by atoms with Crippen LogP contribution in [0.5, 0.6) is 5.75 Å². The Morgan fingerprint density at radius 1 is 1.09 bits per heavy atom. The molecule has 0 saturated carbocycles. The number of fused-ring (bicyclic) bond motifs is 1. The summed E-state index contributed by atoms with van der Waals surface area (Å²) in [6.45, 7) is 6.75. The first kappa shape index (κ1) is 15.1. The predicted octanol–water partition coefficient (Wildman–Crippen LogP) is 4.44. The monoisotopic (exact) mass is 295 g/mol. The van der Waals surface area contributed by atoms with Gasteiger partial charge < -0.3 is 10.1 Å². The van der Waals surface area contributed by atoms with Gasteiger partial charge in [-0.1, -0.05) is 50.2 Å². The van der Waals surface area contributed by atoms with Crippen LogP contribution in [-0.4, -0.2) is 13.2 Å². The molecule has 0 aromatic heterocycles. The van der Waals surface area contributed by atoms with E-state index in [1.165, 1.54) is 22.3 Å². The number of hydrogen-bond acceptors (Lipinski definition) is 2. The third kappa shape index (κ3) is 2.76. The number of benzene rings is 2. The molecule has 2 unspecified atom stereocenters. The fourth-order valence-corrected chi connectivity index (χ4v) is 3.35. The van der Waals surface area contributed by atoms with Crippen LogP contribution in [0.3, 0.4) is 0 Å². The maximum Gasteiger partial charge on any atom is 0.123 e. The molecule has 1 N–H and O–H groups in total. The molecule has 1 heterocycles. The highest BCUT2D eigenvalue weighted by atomic mass is 16.5. The van der Waals surface area contributed by atoms with Crippen LogP contribution in [0, 0.1) is 0 Å². The molecule has 1 aliphatic heterocycles. The van der Waals surface area contributed by atoms with Gasteiger partial charge in [0.1, 0.15) is 5.75 Å². The third-order valence-electron chi connectivity index (χ3n) is 4.57. The zero-order valence-electron chi connectivity index (χ0n) is 13.9. The molecule has 0 spiro atoms. The minimum atomic E-state index is 0.202. The van der Waals surface area contributed by atoms with Crippen molar-refractivity contribution in [2.24, 2.45) is 0 Å². The van der Waals surface area contributed by atoms with Crippen molar-refractivity contribution in [3.05, 3.63) is 64.7 Å². The summed E-state index contributed by atoms with van der Waals surface area (Å²) in [5.74, 6) is 1.50. The molecule has 2 atom stereocenters. The molecule has 0 aliphatic carbocycles. The second-order valence-corrected chi connectivity index (χ2v) is 6.56. The Morgan fingerprint density at radius 3 is 2.59 bits per heavy atom. The van der Waals surface area contributed by atoms with Gasteiger partial charge in [0.15, 0.2) is 0 Å². The Balaban J connectivity index is 2.12. The van der Waals surface area contributed by atoms with E-state index < -0.39 is 0 Å². The van der Waals surface area contributed by atoms with E-state index >= 15 is 0 Å². The number of nitrogens with one attached hydrogen (secondary N) is 1. The smallest absolute Gasteiger partial charge is 0.123 e. The van der Waals surface area contributed by atoms with Gasteiger partial charge in [-0.15, -0.1) is 0 Å². The average Bonchev–Trinajstić information content (AvgIpc) is 2.53. The van der Waals surface area contributed by atoms with Gasteiger partial charge in [-0.05, 0) is 42.0 Å². The van der Waals surface area contributed by atoms with Crippen LogP contribution in [0.4, 0.5) is 0 Å². The standard InChI is InChI=1S/C20H25NO/c1-13(2)15-9-10-16-11-14(3)21-20(18(16)12-15)17-7-5-6-8-19(17)22-4/h5-10,12-14,20-21H,11H2,1-4H3. The van der Waals surface area contributed by atoms with E-state index in [4.69, 9.17) is 4.74 Å². The third-order valence-corrected chi connectivity index (χ3v) is 4.57. The molecular formula is C20H25NO. The molecule has 2 aromatic carbocycles. The Bertz CT molecular complexity index is 663. The van der Waals surface area contributed by atoms with Gasteiger partial charge in [-0.3, -0.25) is 0 Å². The van der Waals surface area contributed by atoms with E-state index in [-0.39, 0.29) is 6.04 Å². The summed E-state index contributed by atoms with van der Waals surface area (Å²) >= 11 is 0. The second kappa shape index (κ2) is 6.13. The first-order chi connectivity index (χ1) is 10.6. The lowest BCUT2D eigenvalue weighted by atomic mass is 9.84. The van der Waals surface area contributed by atoms with E-state index in [1.54, 1.807) is 7.11 Å². The van der Waals surface area contributed by atoms with Crippen LogP contribution < -0.4 is 10.1 Å². The topological polar surface area (TPSA) is 21.3 Å². The molecule has 1 aliphatic rings. The Kier molecular flexibility index (Phi) is 4.21. The van der Waals surface area contributed by atoms with Crippen molar-refractivity contribution in [2.75, 3.05) is 7.11 Å². The maximum absolute atomic E-state index is 5.59. The predicted molar refractivity (Wildman–Crippen MR) is 91.7 cm³/mol. The summed E-state index contributed by atoms with van der Waals surface area (Å²) in [6.07, 6.45) is 1.08. The number of methoxy groups -OCH3 is 1. The van der Waals surface area contributed by atoms with Gasteiger partial charge in [-0.25, -0.2) is 0 Å². The lowest BCUT2D eigenvalue weighted by Gasteiger charge is -2.33. The highest BCUT2D eigenvalue weighted by molar-refractivity contribution is 5.47. The van der Waals surface area contributed by atoms with Crippen molar-refractivity contribution >= 4 is 0 Å². The highest BCUT2D eigenvalue weighted by Crippen LogP contribution is 2.36. The van der Waals surface area contributed by atoms with Gasteiger partial charge >= 0.3 is 0 Å². The Labute approximate surface area is 133 Å². The van der Waals surface area contributed by atoms with Crippen molar-refractivity contribution in [1.82, 2.24) is 5.32 Å². The van der Waals surface area contributed by atoms with Gasteiger partial charge in [0.25, 0.3) is 0 Å². The van der Waals surface area contributed by atoms with Crippen LogP contribution in [0.1, 0.15) is 55.0 Å². The first-order valence-corrected chi connectivity index (χ1v) is 8.11. The highest BCUT2D eigenvalue weighted by Gasteiger charge is 2.27. The SMILES string of the molecule is COc1ccccc1C1NC(C)Cc2ccc(C(C)C)cc21. The number of hydrogen-bond donors (Lipinski definition) is 1. The summed E-state index contributed by atoms with van der Waals surface area (Å²) in [4.78, 5) is 0. The molecule has 0 saturated heterocycles. The summed E-state index contributed by atoms with van der Waals surface area (Å²) in [5.41, 5.74) is 5.47. The Morgan fingerprint density at radius 2 is 1.86 bits per heavy atom. The van der Waals surface area contributed by atoms with Crippen LogP contribution in [0.2, 0.25) is 0 Å². The van der Waals surface area contributed by atoms with Crippen molar-refractivity contribution in [3.63, 3.8) is 0 Å². The van der Waals surface area contributed by atoms with E-state index in [9.17, 15) is 0 Å².